The lowest BCUT2D eigenvalue weighted by Gasteiger charge is -2.23. The van der Waals surface area contributed by atoms with E-state index in [1.54, 1.807) is 0 Å². The minimum absolute atomic E-state index is 0.576. The molecule has 1 saturated carbocycles. The summed E-state index contributed by atoms with van der Waals surface area (Å²) in [6, 6.07) is 0. The van der Waals surface area contributed by atoms with Gasteiger partial charge in [0.2, 0.25) is 0 Å². The van der Waals surface area contributed by atoms with E-state index in [0.29, 0.717) is 6.54 Å². The standard InChI is InChI=1S/C16H26N4/c1-3-13-14(8-17)16(19-18-15(13)4-2)20-9-11-6-5-7-12(11)10-20/h11-12H,3-10,17H2,1-2H3. The van der Waals surface area contributed by atoms with Crippen molar-refractivity contribution in [1.82, 2.24) is 10.2 Å². The Kier molecular flexibility index (Phi) is 3.92. The number of aryl methyl sites for hydroxylation is 1. The number of hydrogen-bond acceptors (Lipinski definition) is 4. The Morgan fingerprint density at radius 1 is 1.05 bits per heavy atom. The molecule has 2 atom stereocenters. The summed E-state index contributed by atoms with van der Waals surface area (Å²) in [6.45, 7) is 7.22. The number of fused-ring (bicyclic) bond motifs is 1. The van der Waals surface area contributed by atoms with Gasteiger partial charge in [-0.05, 0) is 43.1 Å². The Morgan fingerprint density at radius 3 is 2.30 bits per heavy atom. The van der Waals surface area contributed by atoms with Crippen molar-refractivity contribution in [3.63, 3.8) is 0 Å². The van der Waals surface area contributed by atoms with E-state index >= 15 is 0 Å². The lowest BCUT2D eigenvalue weighted by molar-refractivity contribution is 0.494. The molecule has 2 heterocycles. The highest BCUT2D eigenvalue weighted by Gasteiger charge is 2.37. The smallest absolute Gasteiger partial charge is 0.156 e. The molecule has 2 aliphatic rings. The average Bonchev–Trinajstić information content (AvgIpc) is 3.06. The van der Waals surface area contributed by atoms with E-state index < -0.39 is 0 Å². The van der Waals surface area contributed by atoms with E-state index in [0.717, 1.165) is 49.3 Å². The maximum atomic E-state index is 6.04. The molecule has 3 rings (SSSR count). The molecule has 0 spiro atoms. The molecule has 1 aromatic rings. The van der Waals surface area contributed by atoms with Crippen molar-refractivity contribution in [3.05, 3.63) is 16.8 Å². The minimum Gasteiger partial charge on any atom is -0.354 e. The van der Waals surface area contributed by atoms with Crippen LogP contribution in [0.3, 0.4) is 0 Å². The summed E-state index contributed by atoms with van der Waals surface area (Å²) < 4.78 is 0. The molecule has 2 unspecified atom stereocenters. The van der Waals surface area contributed by atoms with Gasteiger partial charge in [-0.1, -0.05) is 20.3 Å². The van der Waals surface area contributed by atoms with E-state index in [9.17, 15) is 0 Å². The molecule has 1 aromatic heterocycles. The van der Waals surface area contributed by atoms with E-state index in [2.05, 4.69) is 28.9 Å². The van der Waals surface area contributed by atoms with Crippen LogP contribution in [0.5, 0.6) is 0 Å². The molecule has 0 bridgehead atoms. The van der Waals surface area contributed by atoms with Crippen molar-refractivity contribution in [2.75, 3.05) is 18.0 Å². The van der Waals surface area contributed by atoms with Crippen LogP contribution >= 0.6 is 0 Å². The minimum atomic E-state index is 0.576. The number of rotatable bonds is 4. The molecule has 1 aliphatic carbocycles. The first-order chi connectivity index (χ1) is 9.78. The summed E-state index contributed by atoms with van der Waals surface area (Å²) in [5.74, 6) is 2.81. The van der Waals surface area contributed by atoms with Crippen LogP contribution in [0.25, 0.3) is 0 Å². The first-order valence-electron chi connectivity index (χ1n) is 8.10. The number of nitrogens with zero attached hydrogens (tertiary/aromatic N) is 3. The van der Waals surface area contributed by atoms with Crippen LogP contribution in [0.2, 0.25) is 0 Å². The summed E-state index contributed by atoms with van der Waals surface area (Å²) in [7, 11) is 0. The molecule has 20 heavy (non-hydrogen) atoms. The maximum absolute atomic E-state index is 6.04. The van der Waals surface area contributed by atoms with Crippen LogP contribution in [0.1, 0.15) is 49.9 Å². The van der Waals surface area contributed by atoms with Crippen molar-refractivity contribution in [2.45, 2.75) is 52.5 Å². The Bertz CT molecular complexity index is 474. The fourth-order valence-electron chi connectivity index (χ4n) is 4.12. The Morgan fingerprint density at radius 2 is 1.75 bits per heavy atom. The van der Waals surface area contributed by atoms with Gasteiger partial charge in [-0.2, -0.15) is 5.10 Å². The summed E-state index contributed by atoms with van der Waals surface area (Å²) >= 11 is 0. The second-order valence-corrected chi connectivity index (χ2v) is 6.19. The van der Waals surface area contributed by atoms with Gasteiger partial charge >= 0.3 is 0 Å². The first-order valence-corrected chi connectivity index (χ1v) is 8.10. The molecule has 1 aliphatic heterocycles. The lowest BCUT2D eigenvalue weighted by Crippen LogP contribution is -2.26. The van der Waals surface area contributed by atoms with Crippen LogP contribution in [0.15, 0.2) is 0 Å². The van der Waals surface area contributed by atoms with Gasteiger partial charge in [0.1, 0.15) is 0 Å². The number of nitrogens with two attached hydrogens (primary N) is 1. The molecule has 0 amide bonds. The topological polar surface area (TPSA) is 55.0 Å². The fraction of sp³-hybridized carbons (Fsp3) is 0.750. The molecule has 1 saturated heterocycles. The van der Waals surface area contributed by atoms with Crippen molar-refractivity contribution in [2.24, 2.45) is 17.6 Å². The van der Waals surface area contributed by atoms with Gasteiger partial charge in [0.05, 0.1) is 5.69 Å². The van der Waals surface area contributed by atoms with E-state index in [4.69, 9.17) is 5.73 Å². The fourth-order valence-corrected chi connectivity index (χ4v) is 4.12. The predicted octanol–water partition coefficient (Wildman–Crippen LogP) is 2.30. The third-order valence-corrected chi connectivity index (χ3v) is 5.17. The zero-order valence-electron chi connectivity index (χ0n) is 12.7. The Balaban J connectivity index is 1.93. The monoisotopic (exact) mass is 274 g/mol. The van der Waals surface area contributed by atoms with Crippen molar-refractivity contribution >= 4 is 5.82 Å². The largest absolute Gasteiger partial charge is 0.354 e. The number of hydrogen-bond donors (Lipinski definition) is 1. The summed E-state index contributed by atoms with van der Waals surface area (Å²) in [4.78, 5) is 2.45. The van der Waals surface area contributed by atoms with Gasteiger partial charge in [-0.15, -0.1) is 5.10 Å². The molecule has 2 fully saturated rings. The average molecular weight is 274 g/mol. The van der Waals surface area contributed by atoms with Gasteiger partial charge in [-0.25, -0.2) is 0 Å². The van der Waals surface area contributed by atoms with Crippen LogP contribution in [0, 0.1) is 11.8 Å². The number of anilines is 1. The second-order valence-electron chi connectivity index (χ2n) is 6.19. The Labute approximate surface area is 121 Å². The second kappa shape index (κ2) is 5.68. The van der Waals surface area contributed by atoms with E-state index in [1.165, 1.54) is 30.4 Å². The quantitative estimate of drug-likeness (QED) is 0.915. The van der Waals surface area contributed by atoms with E-state index in [1.807, 2.05) is 0 Å². The zero-order valence-corrected chi connectivity index (χ0v) is 12.7. The first kappa shape index (κ1) is 13.8. The summed E-state index contributed by atoms with van der Waals surface area (Å²) in [5, 5.41) is 9.00. The highest BCUT2D eigenvalue weighted by Crippen LogP contribution is 2.40. The van der Waals surface area contributed by atoms with E-state index in [-0.39, 0.29) is 0 Å². The lowest BCUT2D eigenvalue weighted by atomic mass is 10.0. The zero-order chi connectivity index (χ0) is 14.1. The van der Waals surface area contributed by atoms with Crippen LogP contribution in [-0.2, 0) is 19.4 Å². The maximum Gasteiger partial charge on any atom is 0.156 e. The molecule has 4 heteroatoms. The normalized spacial score (nSPS) is 25.2. The van der Waals surface area contributed by atoms with Crippen molar-refractivity contribution in [1.29, 1.82) is 0 Å². The summed E-state index contributed by atoms with van der Waals surface area (Å²) in [6.07, 6.45) is 6.13. The van der Waals surface area contributed by atoms with Crippen molar-refractivity contribution in [3.8, 4) is 0 Å². The van der Waals surface area contributed by atoms with Crippen LogP contribution in [0.4, 0.5) is 5.82 Å². The third-order valence-electron chi connectivity index (χ3n) is 5.17. The molecule has 110 valence electrons. The van der Waals surface area contributed by atoms with Crippen molar-refractivity contribution < 1.29 is 0 Å². The molecule has 0 radical (unpaired) electrons. The molecular weight excluding hydrogens is 248 g/mol. The number of aromatic nitrogens is 2. The molecule has 4 nitrogen and oxygen atoms in total. The van der Waals surface area contributed by atoms with Gasteiger partial charge in [0, 0.05) is 25.2 Å². The highest BCUT2D eigenvalue weighted by molar-refractivity contribution is 5.52. The van der Waals surface area contributed by atoms with Gasteiger partial charge in [0.25, 0.3) is 0 Å². The van der Waals surface area contributed by atoms with Crippen LogP contribution < -0.4 is 10.6 Å². The molecule has 2 N–H and O–H groups in total. The summed E-state index contributed by atoms with van der Waals surface area (Å²) in [5.41, 5.74) is 9.73. The van der Waals surface area contributed by atoms with Crippen LogP contribution in [-0.4, -0.2) is 23.3 Å². The van der Waals surface area contributed by atoms with Gasteiger partial charge in [-0.3, -0.25) is 0 Å². The predicted molar refractivity (Wildman–Crippen MR) is 81.7 cm³/mol. The molecule has 0 aromatic carbocycles. The Hall–Kier alpha value is -1.16. The van der Waals surface area contributed by atoms with Gasteiger partial charge in [0.15, 0.2) is 5.82 Å². The van der Waals surface area contributed by atoms with Gasteiger partial charge < -0.3 is 10.6 Å². The SMILES string of the molecule is CCc1nnc(N2CC3CCCC3C2)c(CN)c1CC. The highest BCUT2D eigenvalue weighted by atomic mass is 15.3. The molecular formula is C16H26N4. The third kappa shape index (κ3) is 2.20.